The third-order valence-corrected chi connectivity index (χ3v) is 6.61. The smallest absolute Gasteiger partial charge is 0.281 e. The molecule has 2 atom stereocenters. The summed E-state index contributed by atoms with van der Waals surface area (Å²) in [5.41, 5.74) is 0. The first-order chi connectivity index (χ1) is 8.93. The molecule has 1 saturated heterocycles. The fraction of sp³-hybridized carbons (Fsp3) is 1.00. The van der Waals surface area contributed by atoms with Crippen molar-refractivity contribution >= 4 is 10.2 Å². The fourth-order valence-corrected chi connectivity index (χ4v) is 4.83. The van der Waals surface area contributed by atoms with E-state index in [0.717, 1.165) is 25.7 Å². The minimum absolute atomic E-state index is 0.0169. The number of piperidine rings is 1. The van der Waals surface area contributed by atoms with Crippen molar-refractivity contribution in [1.82, 2.24) is 8.61 Å². The van der Waals surface area contributed by atoms with Gasteiger partial charge in [-0.05, 0) is 25.2 Å². The van der Waals surface area contributed by atoms with Crippen molar-refractivity contribution in [1.29, 1.82) is 0 Å². The van der Waals surface area contributed by atoms with Gasteiger partial charge in [-0.1, -0.05) is 26.2 Å². The molecule has 1 aliphatic carbocycles. The van der Waals surface area contributed by atoms with Gasteiger partial charge in [-0.15, -0.1) is 0 Å². The van der Waals surface area contributed by atoms with E-state index in [-0.39, 0.29) is 18.1 Å². The lowest BCUT2D eigenvalue weighted by molar-refractivity contribution is 0.0603. The zero-order valence-electron chi connectivity index (χ0n) is 12.0. The summed E-state index contributed by atoms with van der Waals surface area (Å²) in [6.07, 6.45) is 5.59. The van der Waals surface area contributed by atoms with Gasteiger partial charge in [0, 0.05) is 26.2 Å². The molecule has 0 bridgehead atoms. The fourth-order valence-electron chi connectivity index (χ4n) is 3.12. The summed E-state index contributed by atoms with van der Waals surface area (Å²) >= 11 is 0. The van der Waals surface area contributed by atoms with E-state index in [1.807, 2.05) is 6.92 Å². The van der Waals surface area contributed by atoms with Crippen LogP contribution in [-0.4, -0.2) is 54.4 Å². The summed E-state index contributed by atoms with van der Waals surface area (Å²) in [6.45, 7) is 2.78. The predicted molar refractivity (Wildman–Crippen MR) is 74.9 cm³/mol. The van der Waals surface area contributed by atoms with E-state index < -0.39 is 10.2 Å². The molecule has 2 rings (SSSR count). The van der Waals surface area contributed by atoms with Gasteiger partial charge in [-0.2, -0.15) is 17.0 Å². The highest BCUT2D eigenvalue weighted by Crippen LogP contribution is 2.27. The second-order valence-corrected chi connectivity index (χ2v) is 8.00. The van der Waals surface area contributed by atoms with Gasteiger partial charge in [-0.3, -0.25) is 0 Å². The highest BCUT2D eigenvalue weighted by Gasteiger charge is 2.36. The molecule has 2 fully saturated rings. The molecule has 2 aliphatic rings. The van der Waals surface area contributed by atoms with Gasteiger partial charge in [0.15, 0.2) is 0 Å². The Bertz CT molecular complexity index is 385. The van der Waals surface area contributed by atoms with Crippen LogP contribution in [-0.2, 0) is 10.2 Å². The second kappa shape index (κ2) is 6.08. The Hall–Kier alpha value is -0.170. The van der Waals surface area contributed by atoms with Gasteiger partial charge < -0.3 is 5.11 Å². The first-order valence-electron chi connectivity index (χ1n) is 7.34. The number of aliphatic hydroxyl groups excluding tert-OH is 1. The van der Waals surface area contributed by atoms with Crippen LogP contribution in [0.1, 0.15) is 45.4 Å². The SMILES string of the molecule is CC1CN(S(=O)(=O)N(C)C2CCCCC2)CCC1O. The van der Waals surface area contributed by atoms with Crippen LogP contribution in [0.5, 0.6) is 0 Å². The predicted octanol–water partition coefficient (Wildman–Crippen LogP) is 1.20. The number of rotatable bonds is 3. The molecule has 6 heteroatoms. The van der Waals surface area contributed by atoms with Crippen LogP contribution >= 0.6 is 0 Å². The molecular formula is C13H26N2O3S. The van der Waals surface area contributed by atoms with Gasteiger partial charge in [0.1, 0.15) is 0 Å². The standard InChI is InChI=1S/C13H26N2O3S/c1-11-10-15(9-8-13(11)16)19(17,18)14(2)12-6-4-3-5-7-12/h11-13,16H,3-10H2,1-2H3. The van der Waals surface area contributed by atoms with E-state index in [4.69, 9.17) is 0 Å². The van der Waals surface area contributed by atoms with Crippen molar-refractivity contribution in [2.75, 3.05) is 20.1 Å². The normalized spacial score (nSPS) is 31.8. The van der Waals surface area contributed by atoms with Crippen LogP contribution in [0.15, 0.2) is 0 Å². The molecule has 0 amide bonds. The van der Waals surface area contributed by atoms with Crippen LogP contribution < -0.4 is 0 Å². The molecule has 112 valence electrons. The summed E-state index contributed by atoms with van der Waals surface area (Å²) in [5.74, 6) is 0.0169. The molecule has 0 aromatic carbocycles. The summed E-state index contributed by atoms with van der Waals surface area (Å²) in [6, 6.07) is 0.154. The lowest BCUT2D eigenvalue weighted by Crippen LogP contribution is -2.52. The minimum atomic E-state index is -3.36. The Kier molecular flexibility index (Phi) is 4.87. The summed E-state index contributed by atoms with van der Waals surface area (Å²) < 4.78 is 28.3. The van der Waals surface area contributed by atoms with E-state index in [2.05, 4.69) is 0 Å². The van der Waals surface area contributed by atoms with E-state index in [0.29, 0.717) is 19.5 Å². The molecule has 1 aliphatic heterocycles. The quantitative estimate of drug-likeness (QED) is 0.849. The molecule has 0 spiro atoms. The molecule has 1 N–H and O–H groups in total. The zero-order valence-corrected chi connectivity index (χ0v) is 12.8. The third kappa shape index (κ3) is 3.29. The average molecular weight is 290 g/mol. The van der Waals surface area contributed by atoms with Gasteiger partial charge in [-0.25, -0.2) is 0 Å². The largest absolute Gasteiger partial charge is 0.393 e. The maximum absolute atomic E-state index is 12.6. The molecule has 1 saturated carbocycles. The van der Waals surface area contributed by atoms with Crippen molar-refractivity contribution in [3.05, 3.63) is 0 Å². The topological polar surface area (TPSA) is 60.9 Å². The van der Waals surface area contributed by atoms with E-state index in [1.165, 1.54) is 6.42 Å². The molecule has 2 unspecified atom stereocenters. The van der Waals surface area contributed by atoms with Gasteiger partial charge in [0.05, 0.1) is 6.10 Å². The van der Waals surface area contributed by atoms with Crippen molar-refractivity contribution in [2.45, 2.75) is 57.6 Å². The Morgan fingerprint density at radius 1 is 1.16 bits per heavy atom. The van der Waals surface area contributed by atoms with Crippen LogP contribution in [0, 0.1) is 5.92 Å². The maximum atomic E-state index is 12.6. The first kappa shape index (κ1) is 15.2. The van der Waals surface area contributed by atoms with Gasteiger partial charge in [0.25, 0.3) is 10.2 Å². The Balaban J connectivity index is 2.04. The molecule has 19 heavy (non-hydrogen) atoms. The first-order valence-corrected chi connectivity index (χ1v) is 8.74. The van der Waals surface area contributed by atoms with Crippen LogP contribution in [0.3, 0.4) is 0 Å². The lowest BCUT2D eigenvalue weighted by Gasteiger charge is -2.38. The molecule has 5 nitrogen and oxygen atoms in total. The number of hydrogen-bond acceptors (Lipinski definition) is 3. The Morgan fingerprint density at radius 2 is 1.79 bits per heavy atom. The summed E-state index contributed by atoms with van der Waals surface area (Å²) in [7, 11) is -1.65. The third-order valence-electron chi connectivity index (χ3n) is 4.60. The van der Waals surface area contributed by atoms with E-state index >= 15 is 0 Å². The van der Waals surface area contributed by atoms with E-state index in [9.17, 15) is 13.5 Å². The van der Waals surface area contributed by atoms with Crippen LogP contribution in [0.25, 0.3) is 0 Å². The summed E-state index contributed by atoms with van der Waals surface area (Å²) in [5, 5.41) is 9.71. The van der Waals surface area contributed by atoms with Crippen molar-refractivity contribution in [3.8, 4) is 0 Å². The van der Waals surface area contributed by atoms with Gasteiger partial charge >= 0.3 is 0 Å². The highest BCUT2D eigenvalue weighted by atomic mass is 32.2. The van der Waals surface area contributed by atoms with Crippen LogP contribution in [0.4, 0.5) is 0 Å². The number of nitrogens with zero attached hydrogens (tertiary/aromatic N) is 2. The van der Waals surface area contributed by atoms with Crippen LogP contribution in [0.2, 0.25) is 0 Å². The number of aliphatic hydroxyl groups is 1. The maximum Gasteiger partial charge on any atom is 0.281 e. The van der Waals surface area contributed by atoms with Crippen molar-refractivity contribution < 1.29 is 13.5 Å². The monoisotopic (exact) mass is 290 g/mol. The Morgan fingerprint density at radius 3 is 2.37 bits per heavy atom. The highest BCUT2D eigenvalue weighted by molar-refractivity contribution is 7.86. The van der Waals surface area contributed by atoms with E-state index in [1.54, 1.807) is 15.7 Å². The summed E-state index contributed by atoms with van der Waals surface area (Å²) in [4.78, 5) is 0. The van der Waals surface area contributed by atoms with Crippen molar-refractivity contribution in [2.24, 2.45) is 5.92 Å². The van der Waals surface area contributed by atoms with Gasteiger partial charge in [0.2, 0.25) is 0 Å². The molecule has 0 aromatic rings. The van der Waals surface area contributed by atoms with Crippen molar-refractivity contribution in [3.63, 3.8) is 0 Å². The minimum Gasteiger partial charge on any atom is -0.393 e. The zero-order chi connectivity index (χ0) is 14.0. The Labute approximate surface area is 116 Å². The molecule has 0 radical (unpaired) electrons. The lowest BCUT2D eigenvalue weighted by atomic mass is 9.96. The molecule has 0 aromatic heterocycles. The molecular weight excluding hydrogens is 264 g/mol. The molecule has 1 heterocycles. The average Bonchev–Trinajstić information content (AvgIpc) is 2.41. The second-order valence-electron chi connectivity index (χ2n) is 6.01. The number of hydrogen-bond donors (Lipinski definition) is 1.